The molecular formula is C36H37ClN4O6S. The van der Waals surface area contributed by atoms with E-state index in [-0.39, 0.29) is 41.2 Å². The molecule has 0 bridgehead atoms. The number of rotatable bonds is 13. The summed E-state index contributed by atoms with van der Waals surface area (Å²) in [5, 5.41) is 15.0. The molecule has 0 aromatic heterocycles. The number of benzene rings is 4. The smallest absolute Gasteiger partial charge is 0.269 e. The topological polar surface area (TPSA) is 130 Å². The van der Waals surface area contributed by atoms with Crippen LogP contribution in [0.15, 0.2) is 114 Å². The van der Waals surface area contributed by atoms with Crippen molar-refractivity contribution in [2.75, 3.05) is 10.8 Å². The summed E-state index contributed by atoms with van der Waals surface area (Å²) in [5.74, 6) is -0.957. The van der Waals surface area contributed by atoms with Crippen molar-refractivity contribution in [2.24, 2.45) is 0 Å². The van der Waals surface area contributed by atoms with Crippen molar-refractivity contribution in [1.82, 2.24) is 10.2 Å². The Kier molecular flexibility index (Phi) is 11.5. The molecule has 10 nitrogen and oxygen atoms in total. The van der Waals surface area contributed by atoms with Gasteiger partial charge in [-0.1, -0.05) is 91.5 Å². The number of carbonyl (C=O) groups excluding carboxylic acids is 2. The zero-order chi connectivity index (χ0) is 34.1. The monoisotopic (exact) mass is 688 g/mol. The number of sulfonamides is 1. The molecule has 0 aliphatic heterocycles. The Labute approximate surface area is 285 Å². The highest BCUT2D eigenvalue weighted by molar-refractivity contribution is 7.92. The standard InChI is InChI=1S/C36H37ClN4O6S/c37-29-14-10-13-28(23-29)25-39(34(24-27-11-4-1-5-12-27)36(43)38-30-15-6-2-7-16-30)35(42)26-40(31-19-21-32(22-20-31)41(44)45)48(46,47)33-17-8-3-9-18-33/h1,3-5,8-14,17-23,30,34H,2,6-7,15-16,24-26H2,(H,38,43). The van der Waals surface area contributed by atoms with Crippen LogP contribution in [-0.4, -0.2) is 48.7 Å². The molecular weight excluding hydrogens is 652 g/mol. The molecule has 1 aliphatic carbocycles. The average molecular weight is 689 g/mol. The summed E-state index contributed by atoms with van der Waals surface area (Å²) in [5.41, 5.74) is 1.32. The number of anilines is 1. The van der Waals surface area contributed by atoms with E-state index in [9.17, 15) is 28.1 Å². The van der Waals surface area contributed by atoms with Crippen molar-refractivity contribution in [2.45, 2.75) is 62.0 Å². The number of nitrogens with zero attached hydrogens (tertiary/aromatic N) is 3. The highest BCUT2D eigenvalue weighted by Gasteiger charge is 2.35. The molecule has 0 heterocycles. The van der Waals surface area contributed by atoms with Gasteiger partial charge in [0.05, 0.1) is 15.5 Å². The van der Waals surface area contributed by atoms with Crippen LogP contribution in [0.4, 0.5) is 11.4 Å². The molecule has 5 rings (SSSR count). The minimum Gasteiger partial charge on any atom is -0.352 e. The van der Waals surface area contributed by atoms with E-state index in [2.05, 4.69) is 5.32 Å². The number of halogens is 1. The highest BCUT2D eigenvalue weighted by atomic mass is 35.5. The molecule has 1 N–H and O–H groups in total. The van der Waals surface area contributed by atoms with E-state index >= 15 is 0 Å². The Hall–Kier alpha value is -4.74. The highest BCUT2D eigenvalue weighted by Crippen LogP contribution is 2.27. The molecule has 0 spiro atoms. The SMILES string of the molecule is O=C(NC1CCCCC1)C(Cc1ccccc1)N(Cc1cccc(Cl)c1)C(=O)CN(c1ccc([N+](=O)[O-])cc1)S(=O)(=O)c1ccccc1. The molecule has 250 valence electrons. The number of nitro groups is 1. The lowest BCUT2D eigenvalue weighted by Crippen LogP contribution is -2.55. The van der Waals surface area contributed by atoms with Crippen LogP contribution in [-0.2, 0) is 32.6 Å². The van der Waals surface area contributed by atoms with Gasteiger partial charge in [0.25, 0.3) is 15.7 Å². The van der Waals surface area contributed by atoms with E-state index in [1.807, 2.05) is 30.3 Å². The molecule has 0 saturated heterocycles. The molecule has 12 heteroatoms. The maximum atomic E-state index is 14.6. The summed E-state index contributed by atoms with van der Waals surface area (Å²) in [7, 11) is -4.33. The fourth-order valence-electron chi connectivity index (χ4n) is 5.92. The Morgan fingerprint density at radius 2 is 1.48 bits per heavy atom. The van der Waals surface area contributed by atoms with Gasteiger partial charge in [0.1, 0.15) is 12.6 Å². The van der Waals surface area contributed by atoms with Crippen LogP contribution < -0.4 is 9.62 Å². The summed E-state index contributed by atoms with van der Waals surface area (Å²) in [6.07, 6.45) is 4.98. The Morgan fingerprint density at radius 3 is 2.10 bits per heavy atom. The Morgan fingerprint density at radius 1 is 0.854 bits per heavy atom. The number of hydrogen-bond acceptors (Lipinski definition) is 6. The maximum absolute atomic E-state index is 14.6. The number of nitro benzene ring substituents is 1. The lowest BCUT2D eigenvalue weighted by molar-refractivity contribution is -0.384. The molecule has 1 unspecified atom stereocenters. The van der Waals surface area contributed by atoms with E-state index in [1.165, 1.54) is 41.3 Å². The Balaban J connectivity index is 1.57. The van der Waals surface area contributed by atoms with Crippen LogP contribution in [0.2, 0.25) is 5.02 Å². The van der Waals surface area contributed by atoms with Gasteiger partial charge in [0.2, 0.25) is 11.8 Å². The third-order valence-corrected chi connectivity index (χ3v) is 10.4. The molecule has 1 atom stereocenters. The van der Waals surface area contributed by atoms with Crippen LogP contribution >= 0.6 is 11.6 Å². The average Bonchev–Trinajstić information content (AvgIpc) is 3.10. The molecule has 48 heavy (non-hydrogen) atoms. The van der Waals surface area contributed by atoms with Crippen molar-refractivity contribution in [3.05, 3.63) is 135 Å². The second-order valence-corrected chi connectivity index (χ2v) is 14.1. The largest absolute Gasteiger partial charge is 0.352 e. The minimum absolute atomic E-state index is 0.0194. The quantitative estimate of drug-likeness (QED) is 0.126. The van der Waals surface area contributed by atoms with E-state index in [0.29, 0.717) is 10.6 Å². The van der Waals surface area contributed by atoms with Gasteiger partial charge < -0.3 is 10.2 Å². The van der Waals surface area contributed by atoms with Crippen molar-refractivity contribution in [1.29, 1.82) is 0 Å². The van der Waals surface area contributed by atoms with Gasteiger partial charge in [-0.25, -0.2) is 8.42 Å². The van der Waals surface area contributed by atoms with Gasteiger partial charge in [-0.2, -0.15) is 0 Å². The van der Waals surface area contributed by atoms with E-state index < -0.39 is 33.4 Å². The maximum Gasteiger partial charge on any atom is 0.269 e. The van der Waals surface area contributed by atoms with Crippen molar-refractivity contribution in [3.8, 4) is 0 Å². The number of nitrogens with one attached hydrogen (secondary N) is 1. The molecule has 0 radical (unpaired) electrons. The van der Waals surface area contributed by atoms with Crippen LogP contribution in [0, 0.1) is 10.1 Å². The lowest BCUT2D eigenvalue weighted by atomic mass is 9.94. The van der Waals surface area contributed by atoms with Gasteiger partial charge in [-0.05, 0) is 60.4 Å². The fourth-order valence-corrected chi connectivity index (χ4v) is 7.57. The zero-order valence-corrected chi connectivity index (χ0v) is 27.9. The van der Waals surface area contributed by atoms with Crippen molar-refractivity contribution in [3.63, 3.8) is 0 Å². The molecule has 4 aromatic rings. The first-order valence-electron chi connectivity index (χ1n) is 15.8. The van der Waals surface area contributed by atoms with Gasteiger partial charge in [-0.3, -0.25) is 24.0 Å². The minimum atomic E-state index is -4.33. The van der Waals surface area contributed by atoms with Crippen molar-refractivity contribution >= 4 is 44.8 Å². The fraction of sp³-hybridized carbons (Fsp3) is 0.278. The third-order valence-electron chi connectivity index (χ3n) is 8.42. The first-order chi connectivity index (χ1) is 23.1. The zero-order valence-electron chi connectivity index (χ0n) is 26.3. The lowest BCUT2D eigenvalue weighted by Gasteiger charge is -2.35. The summed E-state index contributed by atoms with van der Waals surface area (Å²) < 4.78 is 29.1. The second kappa shape index (κ2) is 15.9. The van der Waals surface area contributed by atoms with Crippen LogP contribution in [0.3, 0.4) is 0 Å². The summed E-state index contributed by atoms with van der Waals surface area (Å²) in [4.78, 5) is 40.9. The van der Waals surface area contributed by atoms with Gasteiger partial charge in [0, 0.05) is 36.2 Å². The van der Waals surface area contributed by atoms with E-state index in [4.69, 9.17) is 11.6 Å². The molecule has 1 fully saturated rings. The molecule has 1 saturated carbocycles. The normalized spacial score (nSPS) is 14.1. The summed E-state index contributed by atoms with van der Waals surface area (Å²) >= 11 is 6.32. The summed E-state index contributed by atoms with van der Waals surface area (Å²) in [6, 6.07) is 27.9. The van der Waals surface area contributed by atoms with E-state index in [1.54, 1.807) is 42.5 Å². The number of non-ortho nitro benzene ring substituents is 1. The van der Waals surface area contributed by atoms with Crippen LogP contribution in [0.25, 0.3) is 0 Å². The first kappa shape index (κ1) is 34.6. The predicted octanol–water partition coefficient (Wildman–Crippen LogP) is 6.53. The van der Waals surface area contributed by atoms with Gasteiger partial charge in [-0.15, -0.1) is 0 Å². The Bertz CT molecular complexity index is 1820. The number of hydrogen-bond donors (Lipinski definition) is 1. The van der Waals surface area contributed by atoms with Gasteiger partial charge in [0.15, 0.2) is 0 Å². The number of amides is 2. The summed E-state index contributed by atoms with van der Waals surface area (Å²) in [6.45, 7) is -0.688. The van der Waals surface area contributed by atoms with Gasteiger partial charge >= 0.3 is 0 Å². The van der Waals surface area contributed by atoms with Crippen molar-refractivity contribution < 1.29 is 22.9 Å². The molecule has 4 aromatic carbocycles. The second-order valence-electron chi connectivity index (χ2n) is 11.8. The van der Waals surface area contributed by atoms with Crippen LogP contribution in [0.5, 0.6) is 0 Å². The van der Waals surface area contributed by atoms with Crippen LogP contribution in [0.1, 0.15) is 43.2 Å². The molecule has 2 amide bonds. The molecule has 1 aliphatic rings. The number of carbonyl (C=O) groups is 2. The first-order valence-corrected chi connectivity index (χ1v) is 17.6. The third kappa shape index (κ3) is 8.78. The predicted molar refractivity (Wildman–Crippen MR) is 185 cm³/mol. The van der Waals surface area contributed by atoms with E-state index in [0.717, 1.165) is 42.0 Å².